The molecule has 0 amide bonds. The highest BCUT2D eigenvalue weighted by molar-refractivity contribution is 9.10. The molecule has 5 nitrogen and oxygen atoms in total. The Labute approximate surface area is 117 Å². The highest BCUT2D eigenvalue weighted by Gasteiger charge is 2.14. The Kier molecular flexibility index (Phi) is 3.68. The molecular formula is C11H9BrClN3O2. The molecule has 18 heavy (non-hydrogen) atoms. The highest BCUT2D eigenvalue weighted by Crippen LogP contribution is 2.30. The standard InChI is InChI=1S/C11H9BrClN3O2/c1-16-10(15-14-9(13)11(16)17)7-4-3-6(12)5-8(7)18-2/h3-5H,1-2H3. The van der Waals surface area contributed by atoms with Crippen molar-refractivity contribution in [3.8, 4) is 17.1 Å². The van der Waals surface area contributed by atoms with Gasteiger partial charge in [-0.15, -0.1) is 10.2 Å². The average Bonchev–Trinajstić information content (AvgIpc) is 2.37. The Morgan fingerprint density at radius 3 is 2.78 bits per heavy atom. The van der Waals surface area contributed by atoms with Gasteiger partial charge in [-0.25, -0.2) is 0 Å². The summed E-state index contributed by atoms with van der Waals surface area (Å²) in [5.41, 5.74) is 0.274. The smallest absolute Gasteiger partial charge is 0.291 e. The lowest BCUT2D eigenvalue weighted by Gasteiger charge is -2.10. The van der Waals surface area contributed by atoms with E-state index in [1.165, 1.54) is 4.57 Å². The first kappa shape index (κ1) is 13.0. The number of nitrogens with zero attached hydrogens (tertiary/aromatic N) is 3. The van der Waals surface area contributed by atoms with E-state index in [1.54, 1.807) is 26.3 Å². The summed E-state index contributed by atoms with van der Waals surface area (Å²) < 4.78 is 7.46. The summed E-state index contributed by atoms with van der Waals surface area (Å²) in [4.78, 5) is 11.7. The molecule has 1 aromatic heterocycles. The Morgan fingerprint density at radius 1 is 1.39 bits per heavy atom. The molecule has 2 aromatic rings. The normalized spacial score (nSPS) is 10.4. The van der Waals surface area contributed by atoms with E-state index in [4.69, 9.17) is 16.3 Å². The number of rotatable bonds is 2. The minimum Gasteiger partial charge on any atom is -0.496 e. The Hall–Kier alpha value is -1.40. The summed E-state index contributed by atoms with van der Waals surface area (Å²) in [5.74, 6) is 0.991. The fourth-order valence-corrected chi connectivity index (χ4v) is 2.02. The maximum absolute atomic E-state index is 11.7. The largest absolute Gasteiger partial charge is 0.496 e. The zero-order valence-electron chi connectivity index (χ0n) is 9.65. The van der Waals surface area contributed by atoms with Gasteiger partial charge >= 0.3 is 0 Å². The number of hydrogen-bond acceptors (Lipinski definition) is 4. The molecule has 0 N–H and O–H groups in total. The molecule has 0 unspecified atom stereocenters. The third-order valence-electron chi connectivity index (χ3n) is 2.44. The SMILES string of the molecule is COc1cc(Br)ccc1-c1nnc(Cl)c(=O)n1C. The van der Waals surface area contributed by atoms with Gasteiger partial charge in [-0.05, 0) is 18.2 Å². The van der Waals surface area contributed by atoms with Gasteiger partial charge in [0.15, 0.2) is 5.82 Å². The zero-order valence-corrected chi connectivity index (χ0v) is 12.0. The van der Waals surface area contributed by atoms with Gasteiger partial charge in [-0.3, -0.25) is 9.36 Å². The van der Waals surface area contributed by atoms with Gasteiger partial charge in [0.2, 0.25) is 5.15 Å². The van der Waals surface area contributed by atoms with Gasteiger partial charge in [-0.2, -0.15) is 0 Å². The van der Waals surface area contributed by atoms with E-state index < -0.39 is 5.56 Å². The fraction of sp³-hybridized carbons (Fsp3) is 0.182. The summed E-state index contributed by atoms with van der Waals surface area (Å²) >= 11 is 8.98. The van der Waals surface area contributed by atoms with Crippen LogP contribution in [0.1, 0.15) is 0 Å². The maximum Gasteiger partial charge on any atom is 0.291 e. The summed E-state index contributed by atoms with van der Waals surface area (Å²) in [6.45, 7) is 0. The summed E-state index contributed by atoms with van der Waals surface area (Å²) in [6, 6.07) is 5.41. The van der Waals surface area contributed by atoms with Gasteiger partial charge in [0.1, 0.15) is 5.75 Å². The van der Waals surface area contributed by atoms with Crippen molar-refractivity contribution in [1.82, 2.24) is 14.8 Å². The van der Waals surface area contributed by atoms with Crippen molar-refractivity contribution in [1.29, 1.82) is 0 Å². The van der Waals surface area contributed by atoms with Gasteiger partial charge in [0, 0.05) is 11.5 Å². The summed E-state index contributed by atoms with van der Waals surface area (Å²) in [7, 11) is 3.13. The molecule has 0 saturated heterocycles. The van der Waals surface area contributed by atoms with Crippen molar-refractivity contribution in [2.75, 3.05) is 7.11 Å². The van der Waals surface area contributed by atoms with Gasteiger partial charge < -0.3 is 4.74 Å². The monoisotopic (exact) mass is 329 g/mol. The van der Waals surface area contributed by atoms with Crippen LogP contribution in [-0.4, -0.2) is 21.9 Å². The Bertz CT molecular complexity index is 657. The second-order valence-corrected chi connectivity index (χ2v) is 4.80. The van der Waals surface area contributed by atoms with Crippen LogP contribution in [0.4, 0.5) is 0 Å². The lowest BCUT2D eigenvalue weighted by Crippen LogP contribution is -2.22. The first-order valence-electron chi connectivity index (χ1n) is 4.97. The van der Waals surface area contributed by atoms with E-state index in [1.807, 2.05) is 6.07 Å². The molecule has 1 aromatic carbocycles. The number of ether oxygens (including phenoxy) is 1. The van der Waals surface area contributed by atoms with Crippen LogP contribution in [0.3, 0.4) is 0 Å². The third-order valence-corrected chi connectivity index (χ3v) is 3.17. The lowest BCUT2D eigenvalue weighted by molar-refractivity contribution is 0.415. The molecule has 7 heteroatoms. The summed E-state index contributed by atoms with van der Waals surface area (Å²) in [5, 5.41) is 7.41. The molecule has 2 rings (SSSR count). The van der Waals surface area contributed by atoms with Crippen LogP contribution in [0.15, 0.2) is 27.5 Å². The molecule has 0 aliphatic carbocycles. The molecule has 0 radical (unpaired) electrons. The molecule has 0 bridgehead atoms. The van der Waals surface area contributed by atoms with Crippen LogP contribution >= 0.6 is 27.5 Å². The Morgan fingerprint density at radius 2 is 2.11 bits per heavy atom. The van der Waals surface area contributed by atoms with Crippen LogP contribution < -0.4 is 10.3 Å². The number of benzene rings is 1. The minimum atomic E-state index is -0.397. The van der Waals surface area contributed by atoms with Crippen molar-refractivity contribution in [2.24, 2.45) is 7.05 Å². The van der Waals surface area contributed by atoms with Crippen LogP contribution in [0, 0.1) is 0 Å². The first-order valence-corrected chi connectivity index (χ1v) is 6.15. The molecular weight excluding hydrogens is 321 g/mol. The second-order valence-electron chi connectivity index (χ2n) is 3.52. The Balaban J connectivity index is 2.70. The first-order chi connectivity index (χ1) is 8.54. The van der Waals surface area contributed by atoms with Crippen LogP contribution in [0.5, 0.6) is 5.75 Å². The number of hydrogen-bond donors (Lipinski definition) is 0. The lowest BCUT2D eigenvalue weighted by atomic mass is 10.2. The topological polar surface area (TPSA) is 57.0 Å². The highest BCUT2D eigenvalue weighted by atomic mass is 79.9. The maximum atomic E-state index is 11.7. The van der Waals surface area contributed by atoms with E-state index in [9.17, 15) is 4.79 Å². The quantitative estimate of drug-likeness (QED) is 0.847. The molecule has 0 fully saturated rings. The molecule has 94 valence electrons. The van der Waals surface area contributed by atoms with Crippen LogP contribution in [0.25, 0.3) is 11.4 Å². The van der Waals surface area contributed by atoms with Crippen LogP contribution in [0.2, 0.25) is 5.15 Å². The van der Waals surface area contributed by atoms with E-state index in [-0.39, 0.29) is 5.15 Å². The molecule has 0 atom stereocenters. The summed E-state index contributed by atoms with van der Waals surface area (Å²) in [6.07, 6.45) is 0. The fourth-order valence-electron chi connectivity index (χ4n) is 1.52. The third kappa shape index (κ3) is 2.26. The van der Waals surface area contributed by atoms with Crippen molar-refractivity contribution in [2.45, 2.75) is 0 Å². The molecule has 1 heterocycles. The predicted molar refractivity (Wildman–Crippen MR) is 72.0 cm³/mol. The number of halogens is 2. The van der Waals surface area contributed by atoms with Crippen molar-refractivity contribution >= 4 is 27.5 Å². The second kappa shape index (κ2) is 5.07. The van der Waals surface area contributed by atoms with E-state index in [0.717, 1.165) is 4.47 Å². The predicted octanol–water partition coefficient (Wildman–Crippen LogP) is 2.27. The van der Waals surface area contributed by atoms with Gasteiger partial charge in [0.05, 0.1) is 12.7 Å². The van der Waals surface area contributed by atoms with Gasteiger partial charge in [-0.1, -0.05) is 27.5 Å². The van der Waals surface area contributed by atoms with E-state index >= 15 is 0 Å². The molecule has 0 saturated carbocycles. The van der Waals surface area contributed by atoms with E-state index in [2.05, 4.69) is 26.1 Å². The van der Waals surface area contributed by atoms with Crippen molar-refractivity contribution in [3.05, 3.63) is 38.2 Å². The molecule has 0 aliphatic rings. The van der Waals surface area contributed by atoms with Gasteiger partial charge in [0.25, 0.3) is 5.56 Å². The molecule has 0 spiro atoms. The molecule has 0 aliphatic heterocycles. The zero-order chi connectivity index (χ0) is 13.3. The number of methoxy groups -OCH3 is 1. The minimum absolute atomic E-state index is 0.155. The number of aromatic nitrogens is 3. The average molecular weight is 331 g/mol. The van der Waals surface area contributed by atoms with Crippen LogP contribution in [-0.2, 0) is 7.05 Å². The van der Waals surface area contributed by atoms with Crippen molar-refractivity contribution < 1.29 is 4.74 Å². The van der Waals surface area contributed by atoms with Crippen molar-refractivity contribution in [3.63, 3.8) is 0 Å². The van der Waals surface area contributed by atoms with E-state index in [0.29, 0.717) is 17.1 Å².